The zero-order chi connectivity index (χ0) is 26.7. The second-order valence-corrected chi connectivity index (χ2v) is 11.0. The molecule has 0 aliphatic heterocycles. The van der Waals surface area contributed by atoms with E-state index in [0.29, 0.717) is 11.2 Å². The summed E-state index contributed by atoms with van der Waals surface area (Å²) in [6.07, 6.45) is 0. The molecule has 4 heteroatoms. The van der Waals surface area contributed by atoms with Crippen molar-refractivity contribution < 1.29 is 8.81 Å². The summed E-state index contributed by atoms with van der Waals surface area (Å²) >= 11 is 0. The third-order valence-electron chi connectivity index (χ3n) is 7.45. The Morgan fingerprint density at radius 3 is 2.33 bits per heavy atom. The van der Waals surface area contributed by atoms with E-state index in [1.165, 1.54) is 17.7 Å². The number of benzene rings is 5. The zero-order valence-corrected chi connectivity index (χ0v) is 22.1. The average molecular weight is 511 g/mol. The highest BCUT2D eigenvalue weighted by molar-refractivity contribution is 6.09. The van der Waals surface area contributed by atoms with Gasteiger partial charge in [0.05, 0.1) is 22.3 Å². The molecule has 0 radical (unpaired) electrons. The van der Waals surface area contributed by atoms with Gasteiger partial charge in [-0.25, -0.2) is 9.37 Å². The molecule has 0 aliphatic rings. The monoisotopic (exact) mass is 510 g/mol. The van der Waals surface area contributed by atoms with Crippen LogP contribution in [0.25, 0.3) is 61.2 Å². The molecule has 190 valence electrons. The summed E-state index contributed by atoms with van der Waals surface area (Å²) in [6.45, 7) is 6.71. The van der Waals surface area contributed by atoms with Crippen molar-refractivity contribution >= 4 is 33.0 Å². The van der Waals surface area contributed by atoms with Gasteiger partial charge in [-0.1, -0.05) is 81.4 Å². The maximum atomic E-state index is 14.1. The predicted molar refractivity (Wildman–Crippen MR) is 158 cm³/mol. The Hall–Kier alpha value is -4.70. The van der Waals surface area contributed by atoms with Crippen LogP contribution < -0.4 is 0 Å². The number of halogens is 1. The highest BCUT2D eigenvalue weighted by atomic mass is 19.1. The fourth-order valence-corrected chi connectivity index (χ4v) is 5.45. The Morgan fingerprint density at radius 2 is 1.51 bits per heavy atom. The van der Waals surface area contributed by atoms with Crippen LogP contribution >= 0.6 is 0 Å². The van der Waals surface area contributed by atoms with Gasteiger partial charge in [-0.2, -0.15) is 0 Å². The van der Waals surface area contributed by atoms with E-state index in [1.807, 2.05) is 42.5 Å². The minimum atomic E-state index is -0.318. The van der Waals surface area contributed by atoms with Gasteiger partial charge in [0.1, 0.15) is 22.8 Å². The first-order valence-electron chi connectivity index (χ1n) is 13.2. The van der Waals surface area contributed by atoms with Crippen molar-refractivity contribution in [2.75, 3.05) is 0 Å². The van der Waals surface area contributed by atoms with E-state index >= 15 is 0 Å². The molecule has 7 aromatic rings. The third kappa shape index (κ3) is 3.83. The van der Waals surface area contributed by atoms with Crippen molar-refractivity contribution in [2.45, 2.75) is 26.2 Å². The SMILES string of the molecule is CC(C)(C)c1ccc(-n2c(-c3cccc4c3oc3cc(F)ccc34)nc3ccccc32)c(-c2ccccc2)c1. The fourth-order valence-electron chi connectivity index (χ4n) is 5.45. The summed E-state index contributed by atoms with van der Waals surface area (Å²) in [5.74, 6) is 0.462. The average Bonchev–Trinajstić information content (AvgIpc) is 3.50. The van der Waals surface area contributed by atoms with Crippen LogP contribution in [-0.2, 0) is 5.41 Å². The zero-order valence-electron chi connectivity index (χ0n) is 22.1. The van der Waals surface area contributed by atoms with Crippen LogP contribution in [0.1, 0.15) is 26.3 Å². The Kier molecular flexibility index (Phi) is 5.21. The molecular weight excluding hydrogens is 483 g/mol. The summed E-state index contributed by atoms with van der Waals surface area (Å²) in [7, 11) is 0. The van der Waals surface area contributed by atoms with Gasteiger partial charge < -0.3 is 4.42 Å². The van der Waals surface area contributed by atoms with Gasteiger partial charge in [0, 0.05) is 22.4 Å². The molecule has 0 atom stereocenters. The highest BCUT2D eigenvalue weighted by Crippen LogP contribution is 2.40. The van der Waals surface area contributed by atoms with Crippen molar-refractivity contribution in [1.29, 1.82) is 0 Å². The number of nitrogens with zero attached hydrogens (tertiary/aromatic N) is 2. The second kappa shape index (κ2) is 8.67. The van der Waals surface area contributed by atoms with Crippen LogP contribution in [0.2, 0.25) is 0 Å². The lowest BCUT2D eigenvalue weighted by molar-refractivity contribution is 0.590. The number of aromatic nitrogens is 2. The molecule has 5 aromatic carbocycles. The first-order chi connectivity index (χ1) is 18.9. The number of hydrogen-bond donors (Lipinski definition) is 0. The Labute approximate surface area is 226 Å². The van der Waals surface area contributed by atoms with E-state index in [1.54, 1.807) is 6.07 Å². The van der Waals surface area contributed by atoms with E-state index in [4.69, 9.17) is 9.40 Å². The van der Waals surface area contributed by atoms with Crippen LogP contribution in [-0.4, -0.2) is 9.55 Å². The van der Waals surface area contributed by atoms with E-state index < -0.39 is 0 Å². The van der Waals surface area contributed by atoms with Gasteiger partial charge in [-0.3, -0.25) is 4.57 Å². The molecule has 0 fully saturated rings. The molecule has 0 saturated heterocycles. The molecule has 2 aromatic heterocycles. The Balaban J connectivity index is 1.57. The fraction of sp³-hybridized carbons (Fsp3) is 0.114. The maximum absolute atomic E-state index is 14.1. The molecule has 7 rings (SSSR count). The largest absolute Gasteiger partial charge is 0.455 e. The van der Waals surface area contributed by atoms with Crippen molar-refractivity contribution in [2.24, 2.45) is 0 Å². The number of furan rings is 1. The summed E-state index contributed by atoms with van der Waals surface area (Å²) in [6, 6.07) is 36.2. The number of hydrogen-bond acceptors (Lipinski definition) is 2. The lowest BCUT2D eigenvalue weighted by atomic mass is 9.85. The van der Waals surface area contributed by atoms with Crippen LogP contribution in [0.4, 0.5) is 4.39 Å². The lowest BCUT2D eigenvalue weighted by Gasteiger charge is -2.23. The van der Waals surface area contributed by atoms with Crippen LogP contribution in [0.15, 0.2) is 114 Å². The summed E-state index contributed by atoms with van der Waals surface area (Å²) in [5, 5.41) is 1.82. The first-order valence-corrected chi connectivity index (χ1v) is 13.2. The van der Waals surface area contributed by atoms with Crippen LogP contribution in [0, 0.1) is 5.82 Å². The summed E-state index contributed by atoms with van der Waals surface area (Å²) in [4.78, 5) is 5.13. The van der Waals surface area contributed by atoms with Gasteiger partial charge in [0.15, 0.2) is 0 Å². The maximum Gasteiger partial charge on any atom is 0.149 e. The molecule has 0 N–H and O–H groups in total. The molecule has 0 bridgehead atoms. The minimum absolute atomic E-state index is 0.00294. The molecule has 0 saturated carbocycles. The van der Waals surface area contributed by atoms with Gasteiger partial charge in [-0.15, -0.1) is 0 Å². The highest BCUT2D eigenvalue weighted by Gasteiger charge is 2.23. The Morgan fingerprint density at radius 1 is 0.718 bits per heavy atom. The molecule has 0 unspecified atom stereocenters. The minimum Gasteiger partial charge on any atom is -0.455 e. The topological polar surface area (TPSA) is 31.0 Å². The van der Waals surface area contributed by atoms with Gasteiger partial charge in [0.25, 0.3) is 0 Å². The Bertz CT molecular complexity index is 2010. The molecule has 0 aliphatic carbocycles. The standard InChI is InChI=1S/C35H27FN2O/c1-35(2,3)23-16-19-30(28(20-23)22-10-5-4-6-11-22)38-31-15-8-7-14-29(31)37-34(38)27-13-9-12-26-25-18-17-24(36)21-32(25)39-33(26)27/h4-21H,1-3H3. The number of para-hydroxylation sites is 3. The van der Waals surface area contributed by atoms with Gasteiger partial charge >= 0.3 is 0 Å². The smallest absolute Gasteiger partial charge is 0.149 e. The van der Waals surface area contributed by atoms with E-state index in [-0.39, 0.29) is 11.2 Å². The molecule has 0 amide bonds. The third-order valence-corrected chi connectivity index (χ3v) is 7.45. The van der Waals surface area contributed by atoms with Crippen LogP contribution in [0.5, 0.6) is 0 Å². The van der Waals surface area contributed by atoms with Gasteiger partial charge in [-0.05, 0) is 59.0 Å². The van der Waals surface area contributed by atoms with Crippen LogP contribution in [0.3, 0.4) is 0 Å². The van der Waals surface area contributed by atoms with Crippen molar-refractivity contribution in [1.82, 2.24) is 9.55 Å². The normalized spacial score (nSPS) is 12.1. The van der Waals surface area contributed by atoms with E-state index in [2.05, 4.69) is 73.9 Å². The van der Waals surface area contributed by atoms with Crippen molar-refractivity contribution in [3.05, 3.63) is 121 Å². The molecule has 2 heterocycles. The number of fused-ring (bicyclic) bond motifs is 4. The molecule has 3 nitrogen and oxygen atoms in total. The summed E-state index contributed by atoms with van der Waals surface area (Å²) in [5.41, 5.74) is 8.55. The second-order valence-electron chi connectivity index (χ2n) is 11.0. The van der Waals surface area contributed by atoms with Gasteiger partial charge in [0.2, 0.25) is 0 Å². The van der Waals surface area contributed by atoms with Crippen molar-refractivity contribution in [3.63, 3.8) is 0 Å². The molecule has 0 spiro atoms. The number of rotatable bonds is 3. The number of imidazole rings is 1. The molecular formula is C35H27FN2O. The van der Waals surface area contributed by atoms with Crippen molar-refractivity contribution in [3.8, 4) is 28.2 Å². The molecule has 39 heavy (non-hydrogen) atoms. The lowest BCUT2D eigenvalue weighted by Crippen LogP contribution is -2.12. The predicted octanol–water partition coefficient (Wildman–Crippen LogP) is 9.70. The van der Waals surface area contributed by atoms with E-state index in [0.717, 1.165) is 50.0 Å². The summed E-state index contributed by atoms with van der Waals surface area (Å²) < 4.78 is 22.6. The quantitative estimate of drug-likeness (QED) is 0.237. The first kappa shape index (κ1) is 23.4. The van der Waals surface area contributed by atoms with E-state index in [9.17, 15) is 4.39 Å².